The van der Waals surface area contributed by atoms with Crippen molar-refractivity contribution in [2.45, 2.75) is 25.7 Å². The van der Waals surface area contributed by atoms with Crippen molar-refractivity contribution >= 4 is 23.3 Å². The van der Waals surface area contributed by atoms with E-state index in [9.17, 15) is 14.0 Å². The maximum absolute atomic E-state index is 14.0. The Morgan fingerprint density at radius 2 is 1.95 bits per heavy atom. The third-order valence-corrected chi connectivity index (χ3v) is 3.24. The molecule has 1 aromatic rings. The lowest BCUT2D eigenvalue weighted by Gasteiger charge is -2.18. The summed E-state index contributed by atoms with van der Waals surface area (Å²) in [5.74, 6) is -1.83. The van der Waals surface area contributed by atoms with Gasteiger partial charge in [0.1, 0.15) is 5.82 Å². The van der Waals surface area contributed by atoms with Crippen molar-refractivity contribution in [3.63, 3.8) is 0 Å². The Morgan fingerprint density at radius 3 is 2.55 bits per heavy atom. The highest BCUT2D eigenvalue weighted by atomic mass is 19.1. The van der Waals surface area contributed by atoms with Crippen molar-refractivity contribution in [1.29, 1.82) is 0 Å². The molecule has 0 unspecified atom stereocenters. The van der Waals surface area contributed by atoms with Crippen molar-refractivity contribution in [3.05, 3.63) is 24.0 Å². The van der Waals surface area contributed by atoms with Crippen LogP contribution < -0.4 is 10.2 Å². The van der Waals surface area contributed by atoms with Crippen LogP contribution in [-0.4, -0.2) is 30.1 Å². The number of hydrogen-bond acceptors (Lipinski definition) is 3. The van der Waals surface area contributed by atoms with E-state index in [-0.39, 0.29) is 18.7 Å². The predicted molar refractivity (Wildman–Crippen MR) is 73.3 cm³/mol. The maximum atomic E-state index is 14.0. The van der Waals surface area contributed by atoms with Gasteiger partial charge in [-0.3, -0.25) is 9.59 Å². The molecule has 0 saturated carbocycles. The Kier molecular flexibility index (Phi) is 4.55. The van der Waals surface area contributed by atoms with Crippen LogP contribution in [0.4, 0.5) is 15.8 Å². The Morgan fingerprint density at radius 1 is 1.25 bits per heavy atom. The lowest BCUT2D eigenvalue weighted by Crippen LogP contribution is -2.19. The lowest BCUT2D eigenvalue weighted by atomic mass is 10.2. The number of aliphatic carboxylic acids is 1. The van der Waals surface area contributed by atoms with Crippen LogP contribution >= 0.6 is 0 Å². The smallest absolute Gasteiger partial charge is 0.303 e. The quantitative estimate of drug-likeness (QED) is 0.867. The fourth-order valence-electron chi connectivity index (χ4n) is 2.24. The van der Waals surface area contributed by atoms with E-state index in [4.69, 9.17) is 5.11 Å². The molecule has 1 aliphatic heterocycles. The number of carbonyl (C=O) groups excluding carboxylic acids is 1. The van der Waals surface area contributed by atoms with Crippen molar-refractivity contribution < 1.29 is 19.1 Å². The molecule has 2 rings (SSSR count). The molecule has 1 saturated heterocycles. The van der Waals surface area contributed by atoms with Crippen molar-refractivity contribution in [2.75, 3.05) is 23.3 Å². The highest BCUT2D eigenvalue weighted by Gasteiger charge is 2.16. The molecule has 0 aromatic heterocycles. The Hall–Kier alpha value is -2.11. The summed E-state index contributed by atoms with van der Waals surface area (Å²) in [6, 6.07) is 4.55. The first-order valence-electron chi connectivity index (χ1n) is 6.62. The molecule has 20 heavy (non-hydrogen) atoms. The topological polar surface area (TPSA) is 69.6 Å². The van der Waals surface area contributed by atoms with Crippen LogP contribution in [0.3, 0.4) is 0 Å². The second kappa shape index (κ2) is 6.36. The third kappa shape index (κ3) is 3.69. The van der Waals surface area contributed by atoms with Gasteiger partial charge in [-0.2, -0.15) is 0 Å². The summed E-state index contributed by atoms with van der Waals surface area (Å²) >= 11 is 0. The van der Waals surface area contributed by atoms with Crippen molar-refractivity contribution in [2.24, 2.45) is 0 Å². The van der Waals surface area contributed by atoms with Crippen molar-refractivity contribution in [1.82, 2.24) is 0 Å². The Balaban J connectivity index is 1.98. The molecule has 0 bridgehead atoms. The molecular weight excluding hydrogens is 263 g/mol. The molecule has 1 amide bonds. The van der Waals surface area contributed by atoms with E-state index in [1.807, 2.05) is 4.90 Å². The van der Waals surface area contributed by atoms with Crippen LogP contribution in [0.5, 0.6) is 0 Å². The molecule has 1 aromatic carbocycles. The van der Waals surface area contributed by atoms with Crippen LogP contribution in [0.2, 0.25) is 0 Å². The van der Waals surface area contributed by atoms with E-state index < -0.39 is 11.9 Å². The summed E-state index contributed by atoms with van der Waals surface area (Å²) in [4.78, 5) is 23.8. The second-order valence-electron chi connectivity index (χ2n) is 4.80. The minimum Gasteiger partial charge on any atom is -0.481 e. The first-order chi connectivity index (χ1) is 9.56. The summed E-state index contributed by atoms with van der Waals surface area (Å²) in [6.45, 7) is 1.70. The monoisotopic (exact) mass is 280 g/mol. The molecule has 0 aliphatic carbocycles. The van der Waals surface area contributed by atoms with Gasteiger partial charge in [-0.25, -0.2) is 4.39 Å². The molecule has 6 heteroatoms. The highest BCUT2D eigenvalue weighted by Crippen LogP contribution is 2.26. The number of carboxylic acids is 1. The number of nitrogens with one attached hydrogen (secondary N) is 1. The number of benzene rings is 1. The molecule has 5 nitrogen and oxygen atoms in total. The molecule has 0 atom stereocenters. The van der Waals surface area contributed by atoms with Gasteiger partial charge in [0.2, 0.25) is 5.91 Å². The minimum absolute atomic E-state index is 0.120. The van der Waals surface area contributed by atoms with Gasteiger partial charge in [0.25, 0.3) is 0 Å². The summed E-state index contributed by atoms with van der Waals surface area (Å²) < 4.78 is 14.0. The number of rotatable bonds is 5. The fraction of sp³-hybridized carbons (Fsp3) is 0.429. The number of carboxylic acid groups (broad SMARTS) is 1. The summed E-state index contributed by atoms with van der Waals surface area (Å²) in [6.07, 6.45) is 1.77. The first-order valence-corrected chi connectivity index (χ1v) is 6.62. The summed E-state index contributed by atoms with van der Waals surface area (Å²) in [5, 5.41) is 11.0. The van der Waals surface area contributed by atoms with E-state index in [1.54, 1.807) is 12.1 Å². The van der Waals surface area contributed by atoms with Gasteiger partial charge in [-0.1, -0.05) is 0 Å². The number of nitrogens with zero attached hydrogens (tertiary/aromatic N) is 1. The van der Waals surface area contributed by atoms with Gasteiger partial charge < -0.3 is 15.3 Å². The number of halogens is 1. The lowest BCUT2D eigenvalue weighted by molar-refractivity contribution is -0.138. The molecular formula is C14H17FN2O3. The van der Waals surface area contributed by atoms with E-state index >= 15 is 0 Å². The maximum Gasteiger partial charge on any atom is 0.303 e. The molecule has 2 N–H and O–H groups in total. The summed E-state index contributed by atoms with van der Waals surface area (Å²) in [7, 11) is 0. The molecule has 1 aliphatic rings. The number of amides is 1. The van der Waals surface area contributed by atoms with Crippen LogP contribution in [0, 0.1) is 5.82 Å². The van der Waals surface area contributed by atoms with Gasteiger partial charge in [0.15, 0.2) is 0 Å². The molecule has 108 valence electrons. The summed E-state index contributed by atoms with van der Waals surface area (Å²) in [5.41, 5.74) is 0.895. The van der Waals surface area contributed by atoms with Crippen LogP contribution in [0.25, 0.3) is 0 Å². The van der Waals surface area contributed by atoms with Gasteiger partial charge in [0, 0.05) is 25.2 Å². The number of hydrogen-bond donors (Lipinski definition) is 2. The molecule has 1 fully saturated rings. The zero-order valence-electron chi connectivity index (χ0n) is 11.1. The standard InChI is InChI=1S/C14H17FN2O3/c15-11-9-10(16-13(18)5-6-14(19)20)3-4-12(11)17-7-1-2-8-17/h3-4,9H,1-2,5-8H2,(H,16,18)(H,19,20). The fourth-order valence-corrected chi connectivity index (χ4v) is 2.24. The zero-order chi connectivity index (χ0) is 14.5. The van der Waals surface area contributed by atoms with E-state index in [2.05, 4.69) is 5.32 Å². The van der Waals surface area contributed by atoms with Crippen LogP contribution in [0.15, 0.2) is 18.2 Å². The zero-order valence-corrected chi connectivity index (χ0v) is 11.1. The second-order valence-corrected chi connectivity index (χ2v) is 4.80. The van der Waals surface area contributed by atoms with Gasteiger partial charge in [0.05, 0.1) is 12.1 Å². The molecule has 0 spiro atoms. The van der Waals surface area contributed by atoms with E-state index in [1.165, 1.54) is 6.07 Å². The van der Waals surface area contributed by atoms with Gasteiger partial charge >= 0.3 is 5.97 Å². The Bertz CT molecular complexity index is 513. The SMILES string of the molecule is O=C(O)CCC(=O)Nc1ccc(N2CCCC2)c(F)c1. The average Bonchev–Trinajstić information content (AvgIpc) is 2.90. The normalized spacial score (nSPS) is 14.3. The molecule has 0 radical (unpaired) electrons. The number of carbonyl (C=O) groups is 2. The first kappa shape index (κ1) is 14.3. The van der Waals surface area contributed by atoms with Crippen LogP contribution in [-0.2, 0) is 9.59 Å². The minimum atomic E-state index is -1.03. The molecule has 1 heterocycles. The third-order valence-electron chi connectivity index (χ3n) is 3.24. The van der Waals surface area contributed by atoms with E-state index in [0.717, 1.165) is 25.9 Å². The Labute approximate surface area is 116 Å². The van der Waals surface area contributed by atoms with E-state index in [0.29, 0.717) is 11.4 Å². The number of anilines is 2. The highest BCUT2D eigenvalue weighted by molar-refractivity contribution is 5.92. The van der Waals surface area contributed by atoms with Crippen LogP contribution in [0.1, 0.15) is 25.7 Å². The largest absolute Gasteiger partial charge is 0.481 e. The van der Waals surface area contributed by atoms with Gasteiger partial charge in [-0.05, 0) is 31.0 Å². The van der Waals surface area contributed by atoms with Crippen molar-refractivity contribution in [3.8, 4) is 0 Å². The average molecular weight is 280 g/mol. The predicted octanol–water partition coefficient (Wildman–Crippen LogP) is 2.23. The van der Waals surface area contributed by atoms with Gasteiger partial charge in [-0.15, -0.1) is 0 Å².